The Labute approximate surface area is 26.3 Å². The molecule has 0 spiro atoms. The molecule has 1 heteroatoms. The lowest BCUT2D eigenvalue weighted by molar-refractivity contribution is 0.241. The van der Waals surface area contributed by atoms with Crippen molar-refractivity contribution in [2.45, 2.75) is 13.0 Å². The van der Waals surface area contributed by atoms with Gasteiger partial charge in [0.1, 0.15) is 0 Å². The Hall–Kier alpha value is -0.0400. The Morgan fingerprint density at radius 1 is 2.00 bits per heavy atom. The maximum atomic E-state index is 7.72. The number of aliphatic hydroxyl groups excluding tert-OH is 1. The molecule has 0 fully saturated rings. The van der Waals surface area contributed by atoms with Gasteiger partial charge in [0, 0.05) is 6.92 Å². The number of aliphatic hydroxyl groups is 1. The molecule has 3 radical (unpaired) electrons. The summed E-state index contributed by atoms with van der Waals surface area (Å²) in [4.78, 5) is 0. The molecule has 4 heavy (non-hydrogen) atoms. The summed E-state index contributed by atoms with van der Waals surface area (Å²) in [6, 6.07) is 0. The van der Waals surface area contributed by atoms with Gasteiger partial charge in [-0.3, -0.25) is 0 Å². The van der Waals surface area contributed by atoms with Crippen molar-refractivity contribution in [3.05, 3.63) is 6.92 Å². The maximum Gasteiger partial charge on any atom is 0.0588 e. The number of hydrogen-bond donors (Lipinski definition) is 1. The second kappa shape index (κ2) is 1.30. The fraction of sp³-hybridized carbons (Fsp3) is 0.667. The van der Waals surface area contributed by atoms with Gasteiger partial charge in [-0.25, -0.2) is 0 Å². The lowest BCUT2D eigenvalue weighted by Gasteiger charge is -1.78. The summed E-state index contributed by atoms with van der Waals surface area (Å²) in [5, 5.41) is 7.72. The quantitative estimate of drug-likeness (QED) is 0.413. The lowest BCUT2D eigenvalue weighted by atomic mass is 10.5. The van der Waals surface area contributed by atoms with Crippen LogP contribution in [0.25, 0.3) is 0 Å². The van der Waals surface area contributed by atoms with E-state index in [4.69, 9.17) is 12.0 Å². The standard InChI is InChI=1S/C3H5O/c1-3(2)4/h3-4H,1H3. The zero-order chi connectivity index (χ0) is 3.58. The molecule has 0 rings (SSSR count). The summed E-state index contributed by atoms with van der Waals surface area (Å²) >= 11 is 0. The number of rotatable bonds is 0. The van der Waals surface area contributed by atoms with Gasteiger partial charge < -0.3 is 5.11 Å². The minimum atomic E-state index is -0.917. The van der Waals surface area contributed by atoms with Crippen molar-refractivity contribution in [3.8, 4) is 0 Å². The van der Waals surface area contributed by atoms with E-state index in [1.807, 2.05) is 0 Å². The SMILES string of the molecule is [C]C(C)O. The molecule has 0 aromatic rings. The van der Waals surface area contributed by atoms with E-state index in [2.05, 4.69) is 0 Å². The Bertz CT molecular complexity index is 8.00. The molecule has 0 bridgehead atoms. The molecule has 0 aromatic carbocycles. The van der Waals surface area contributed by atoms with Gasteiger partial charge in [0.05, 0.1) is 6.10 Å². The highest BCUT2D eigenvalue weighted by Gasteiger charge is 1.71. The fourth-order valence-corrected chi connectivity index (χ4v) is 0. The minimum Gasteiger partial charge on any atom is -0.393 e. The summed E-state index contributed by atoms with van der Waals surface area (Å²) < 4.78 is 0. The molecule has 0 aliphatic rings. The summed E-state index contributed by atoms with van der Waals surface area (Å²) in [6.07, 6.45) is -0.917. The van der Waals surface area contributed by atoms with Gasteiger partial charge in [-0.15, -0.1) is 0 Å². The summed E-state index contributed by atoms with van der Waals surface area (Å²) in [6.45, 7) is 7.53. The topological polar surface area (TPSA) is 20.2 Å². The average Bonchev–Trinajstić information content (AvgIpc) is 0.811. The molecule has 1 unspecified atom stereocenters. The Morgan fingerprint density at radius 3 is 2.00 bits per heavy atom. The molecular formula is C3H5O. The van der Waals surface area contributed by atoms with E-state index in [0.29, 0.717) is 0 Å². The van der Waals surface area contributed by atoms with Crippen molar-refractivity contribution in [3.63, 3.8) is 0 Å². The van der Waals surface area contributed by atoms with Crippen molar-refractivity contribution in [1.29, 1.82) is 0 Å². The molecule has 0 saturated heterocycles. The molecular weight excluding hydrogens is 52.0 g/mol. The Kier molecular flexibility index (Phi) is 1.28. The predicted molar refractivity (Wildman–Crippen MR) is 14.9 cm³/mol. The Morgan fingerprint density at radius 2 is 2.00 bits per heavy atom. The van der Waals surface area contributed by atoms with E-state index in [9.17, 15) is 0 Å². The van der Waals surface area contributed by atoms with Crippen molar-refractivity contribution in [2.75, 3.05) is 0 Å². The Balaban J connectivity index is 2.32. The molecule has 0 amide bonds. The van der Waals surface area contributed by atoms with Gasteiger partial charge in [0.2, 0.25) is 0 Å². The van der Waals surface area contributed by atoms with Crippen LogP contribution < -0.4 is 0 Å². The van der Waals surface area contributed by atoms with Gasteiger partial charge in [-0.1, -0.05) is 0 Å². The highest BCUT2D eigenvalue weighted by Crippen LogP contribution is 1.63. The first-order valence-corrected chi connectivity index (χ1v) is 1.12. The minimum absolute atomic E-state index is 0.917. The zero-order valence-electron chi connectivity index (χ0n) is 2.52. The van der Waals surface area contributed by atoms with Gasteiger partial charge in [-0.05, 0) is 6.92 Å². The van der Waals surface area contributed by atoms with Crippen LogP contribution in [0.5, 0.6) is 0 Å². The first-order chi connectivity index (χ1) is 1.73. The largest absolute Gasteiger partial charge is 0.393 e. The van der Waals surface area contributed by atoms with E-state index in [-0.39, 0.29) is 0 Å². The molecule has 0 heterocycles. The highest BCUT2D eigenvalue weighted by atomic mass is 16.3. The monoisotopic (exact) mass is 57.0 g/mol. The summed E-state index contributed by atoms with van der Waals surface area (Å²) in [7, 11) is 0. The first kappa shape index (κ1) is 3.96. The second-order valence-electron chi connectivity index (χ2n) is 0.676. The van der Waals surface area contributed by atoms with Crippen LogP contribution in [0, 0.1) is 6.92 Å². The molecule has 0 aromatic heterocycles. The smallest absolute Gasteiger partial charge is 0.0588 e. The summed E-state index contributed by atoms with van der Waals surface area (Å²) in [5.74, 6) is 0. The van der Waals surface area contributed by atoms with Crippen LogP contribution in [-0.4, -0.2) is 11.2 Å². The normalized spacial score (nSPS) is 9.00. The van der Waals surface area contributed by atoms with Crippen molar-refractivity contribution >= 4 is 0 Å². The van der Waals surface area contributed by atoms with E-state index in [1.54, 1.807) is 0 Å². The van der Waals surface area contributed by atoms with Crippen LogP contribution in [-0.2, 0) is 0 Å². The van der Waals surface area contributed by atoms with E-state index in [1.165, 1.54) is 6.92 Å². The lowest BCUT2D eigenvalue weighted by Crippen LogP contribution is -1.86. The third-order valence-corrected chi connectivity index (χ3v) is 0. The van der Waals surface area contributed by atoms with Gasteiger partial charge >= 0.3 is 0 Å². The molecule has 23 valence electrons. The van der Waals surface area contributed by atoms with Gasteiger partial charge in [-0.2, -0.15) is 0 Å². The van der Waals surface area contributed by atoms with Crippen LogP contribution in [0.2, 0.25) is 0 Å². The van der Waals surface area contributed by atoms with Gasteiger partial charge in [0.15, 0.2) is 0 Å². The van der Waals surface area contributed by atoms with Gasteiger partial charge in [0.25, 0.3) is 0 Å². The maximum absolute atomic E-state index is 7.72. The molecule has 0 saturated carbocycles. The van der Waals surface area contributed by atoms with Crippen molar-refractivity contribution in [2.24, 2.45) is 0 Å². The van der Waals surface area contributed by atoms with Crippen LogP contribution in [0.3, 0.4) is 0 Å². The molecule has 1 N–H and O–H groups in total. The van der Waals surface area contributed by atoms with Crippen LogP contribution >= 0.6 is 0 Å². The predicted octanol–water partition coefficient (Wildman–Crippen LogP) is -0.0447. The van der Waals surface area contributed by atoms with Crippen molar-refractivity contribution < 1.29 is 5.11 Å². The molecule has 0 aliphatic carbocycles. The van der Waals surface area contributed by atoms with Crippen molar-refractivity contribution in [1.82, 2.24) is 0 Å². The van der Waals surface area contributed by atoms with E-state index < -0.39 is 6.10 Å². The average molecular weight is 57.1 g/mol. The molecule has 1 atom stereocenters. The highest BCUT2D eigenvalue weighted by molar-refractivity contribution is 4.40. The zero-order valence-corrected chi connectivity index (χ0v) is 2.52. The van der Waals surface area contributed by atoms with Crippen LogP contribution in [0.15, 0.2) is 0 Å². The summed E-state index contributed by atoms with van der Waals surface area (Å²) in [5.41, 5.74) is 0. The van der Waals surface area contributed by atoms with E-state index >= 15 is 0 Å². The second-order valence-corrected chi connectivity index (χ2v) is 0.676. The third-order valence-electron chi connectivity index (χ3n) is 0. The molecule has 1 nitrogen and oxygen atoms in total. The third kappa shape index (κ3) is 1130. The number of hydrogen-bond acceptors (Lipinski definition) is 1. The van der Waals surface area contributed by atoms with Crippen LogP contribution in [0.4, 0.5) is 0 Å². The fourth-order valence-electron chi connectivity index (χ4n) is 0. The first-order valence-electron chi connectivity index (χ1n) is 1.12. The van der Waals surface area contributed by atoms with E-state index in [0.717, 1.165) is 0 Å². The van der Waals surface area contributed by atoms with Crippen LogP contribution in [0.1, 0.15) is 6.92 Å². The molecule has 0 aliphatic heterocycles.